The molecule has 0 spiro atoms. The molecule has 7 nitrogen and oxygen atoms in total. The van der Waals surface area contributed by atoms with Crippen molar-refractivity contribution in [2.24, 2.45) is 0 Å². The molecular formula is C25H18BrN3O4S. The Kier molecular flexibility index (Phi) is 6.63. The van der Waals surface area contributed by atoms with Crippen LogP contribution in [0.2, 0.25) is 0 Å². The number of nitriles is 1. The minimum atomic E-state index is -4.19. The van der Waals surface area contributed by atoms with Crippen LogP contribution in [-0.4, -0.2) is 17.8 Å². The van der Waals surface area contributed by atoms with Gasteiger partial charge in [-0.1, -0.05) is 41.1 Å². The lowest BCUT2D eigenvalue weighted by atomic mass is 10.2. The van der Waals surface area contributed by atoms with Crippen LogP contribution in [0.15, 0.2) is 92.0 Å². The fourth-order valence-corrected chi connectivity index (χ4v) is 4.64. The van der Waals surface area contributed by atoms with E-state index in [9.17, 15) is 18.5 Å². The van der Waals surface area contributed by atoms with Gasteiger partial charge in [-0.15, -0.1) is 0 Å². The van der Waals surface area contributed by atoms with Gasteiger partial charge in [-0.05, 0) is 66.6 Å². The number of allylic oxidation sites excluding steroid dienone is 1. The summed E-state index contributed by atoms with van der Waals surface area (Å²) in [5, 5.41) is 9.70. The summed E-state index contributed by atoms with van der Waals surface area (Å²) < 4.78 is 34.1. The van der Waals surface area contributed by atoms with Gasteiger partial charge in [0.2, 0.25) is 15.7 Å². The molecule has 4 aromatic rings. The Morgan fingerprint density at radius 1 is 1.12 bits per heavy atom. The van der Waals surface area contributed by atoms with Crippen molar-refractivity contribution in [1.82, 2.24) is 9.38 Å². The molecule has 9 heteroatoms. The fraction of sp³-hybridized carbons (Fsp3) is 0.0800. The monoisotopic (exact) mass is 535 g/mol. The summed E-state index contributed by atoms with van der Waals surface area (Å²) in [5.41, 5.74) is 0.704. The van der Waals surface area contributed by atoms with Crippen LogP contribution in [0.4, 0.5) is 0 Å². The van der Waals surface area contributed by atoms with Gasteiger partial charge in [0.05, 0.1) is 4.90 Å². The van der Waals surface area contributed by atoms with Gasteiger partial charge >= 0.3 is 0 Å². The summed E-state index contributed by atoms with van der Waals surface area (Å²) in [5.74, 6) is 0.326. The van der Waals surface area contributed by atoms with Crippen LogP contribution >= 0.6 is 15.9 Å². The molecule has 2 aromatic heterocycles. The molecular weight excluding hydrogens is 518 g/mol. The van der Waals surface area contributed by atoms with Gasteiger partial charge in [0.25, 0.3) is 5.56 Å². The van der Waals surface area contributed by atoms with Gasteiger partial charge in [0.15, 0.2) is 0 Å². The van der Waals surface area contributed by atoms with Crippen LogP contribution in [0.3, 0.4) is 0 Å². The van der Waals surface area contributed by atoms with Crippen molar-refractivity contribution < 1.29 is 13.2 Å². The summed E-state index contributed by atoms with van der Waals surface area (Å²) >= 11 is 3.26. The van der Waals surface area contributed by atoms with E-state index in [0.29, 0.717) is 15.9 Å². The number of pyridine rings is 1. The molecule has 2 heterocycles. The normalized spacial score (nSPS) is 11.9. The average Bonchev–Trinajstić information content (AvgIpc) is 2.84. The van der Waals surface area contributed by atoms with Crippen LogP contribution in [0.5, 0.6) is 11.6 Å². The first-order valence-electron chi connectivity index (χ1n) is 10.2. The zero-order valence-corrected chi connectivity index (χ0v) is 20.4. The zero-order valence-electron chi connectivity index (χ0n) is 18.0. The molecule has 4 rings (SSSR count). The summed E-state index contributed by atoms with van der Waals surface area (Å²) in [6, 6.07) is 19.8. The van der Waals surface area contributed by atoms with Gasteiger partial charge in [-0.3, -0.25) is 9.20 Å². The molecule has 0 N–H and O–H groups in total. The molecule has 0 radical (unpaired) electrons. The van der Waals surface area contributed by atoms with Crippen molar-refractivity contribution in [2.75, 3.05) is 0 Å². The smallest absolute Gasteiger partial charge is 0.269 e. The predicted octanol–water partition coefficient (Wildman–Crippen LogP) is 5.15. The quantitative estimate of drug-likeness (QED) is 0.316. The van der Waals surface area contributed by atoms with E-state index in [2.05, 4.69) is 20.9 Å². The second-order valence-electron chi connectivity index (χ2n) is 7.24. The number of aryl methyl sites for hydroxylation is 1. The Morgan fingerprint density at radius 3 is 2.47 bits per heavy atom. The van der Waals surface area contributed by atoms with Crippen LogP contribution in [0.25, 0.3) is 11.7 Å². The van der Waals surface area contributed by atoms with Gasteiger partial charge in [-0.2, -0.15) is 10.2 Å². The molecule has 0 atom stereocenters. The van der Waals surface area contributed by atoms with Crippen LogP contribution in [0, 0.1) is 11.3 Å². The second-order valence-corrected chi connectivity index (χ2v) is 10.1. The Labute approximate surface area is 204 Å². The zero-order chi connectivity index (χ0) is 24.3. The van der Waals surface area contributed by atoms with Crippen LogP contribution in [-0.2, 0) is 16.3 Å². The number of hydrogen-bond acceptors (Lipinski definition) is 6. The molecule has 0 fully saturated rings. The first kappa shape index (κ1) is 23.4. The van der Waals surface area contributed by atoms with Gasteiger partial charge in [-0.25, -0.2) is 8.42 Å². The number of nitrogens with zero attached hydrogens (tertiary/aromatic N) is 3. The molecule has 0 unspecified atom stereocenters. The lowest BCUT2D eigenvalue weighted by molar-refractivity contribution is 0.461. The molecule has 170 valence electrons. The minimum absolute atomic E-state index is 0.0741. The summed E-state index contributed by atoms with van der Waals surface area (Å²) in [7, 11) is -4.19. The third kappa shape index (κ3) is 4.64. The van der Waals surface area contributed by atoms with E-state index in [1.54, 1.807) is 48.5 Å². The highest BCUT2D eigenvalue weighted by Crippen LogP contribution is 2.27. The number of hydrogen-bond donors (Lipinski definition) is 0. The van der Waals surface area contributed by atoms with E-state index in [4.69, 9.17) is 4.74 Å². The van der Waals surface area contributed by atoms with Gasteiger partial charge in [0, 0.05) is 10.7 Å². The number of fused-ring (bicyclic) bond motifs is 1. The Balaban J connectivity index is 1.90. The fourth-order valence-electron chi connectivity index (χ4n) is 3.23. The maximum Gasteiger partial charge on any atom is 0.269 e. The van der Waals surface area contributed by atoms with Crippen molar-refractivity contribution in [3.8, 4) is 17.7 Å². The molecule has 0 bridgehead atoms. The van der Waals surface area contributed by atoms with E-state index >= 15 is 0 Å². The van der Waals surface area contributed by atoms with Crippen LogP contribution < -0.4 is 10.3 Å². The largest absolute Gasteiger partial charge is 0.438 e. The molecule has 0 saturated carbocycles. The number of aromatic nitrogens is 2. The van der Waals surface area contributed by atoms with E-state index in [-0.39, 0.29) is 16.3 Å². The molecule has 0 amide bonds. The number of sulfone groups is 1. The van der Waals surface area contributed by atoms with E-state index in [1.165, 1.54) is 22.7 Å². The van der Waals surface area contributed by atoms with Crippen molar-refractivity contribution in [3.05, 3.63) is 104 Å². The lowest BCUT2D eigenvalue weighted by Crippen LogP contribution is -2.19. The number of halogens is 1. The second kappa shape index (κ2) is 9.63. The highest BCUT2D eigenvalue weighted by molar-refractivity contribution is 9.10. The molecule has 0 aliphatic rings. The average molecular weight is 536 g/mol. The van der Waals surface area contributed by atoms with E-state index < -0.39 is 20.3 Å². The standard InChI is InChI=1S/C25H18BrN3O4S/c1-2-17-6-10-19(11-7-17)33-24-22(25(30)29-14-4-3-5-23(29)28-24)15-21(16-27)34(31,32)20-12-8-18(26)9-13-20/h3-15H,2H2,1H3. The summed E-state index contributed by atoms with van der Waals surface area (Å²) in [4.78, 5) is 17.0. The third-order valence-electron chi connectivity index (χ3n) is 5.08. The topological polar surface area (TPSA) is 102 Å². The van der Waals surface area contributed by atoms with Crippen molar-refractivity contribution in [3.63, 3.8) is 0 Å². The van der Waals surface area contributed by atoms with E-state index in [0.717, 1.165) is 18.1 Å². The Morgan fingerprint density at radius 2 is 1.82 bits per heavy atom. The third-order valence-corrected chi connectivity index (χ3v) is 7.29. The van der Waals surface area contributed by atoms with Gasteiger partial charge < -0.3 is 4.74 Å². The Bertz CT molecular complexity index is 1600. The molecule has 0 aliphatic carbocycles. The first-order valence-corrected chi connectivity index (χ1v) is 12.5. The maximum atomic E-state index is 13.3. The van der Waals surface area contributed by atoms with E-state index in [1.807, 2.05) is 19.1 Å². The minimum Gasteiger partial charge on any atom is -0.438 e. The first-order chi connectivity index (χ1) is 16.3. The van der Waals surface area contributed by atoms with Gasteiger partial charge in [0.1, 0.15) is 27.9 Å². The number of benzene rings is 2. The summed E-state index contributed by atoms with van der Waals surface area (Å²) in [6.45, 7) is 2.03. The van der Waals surface area contributed by atoms with Crippen molar-refractivity contribution in [1.29, 1.82) is 5.26 Å². The highest BCUT2D eigenvalue weighted by atomic mass is 79.9. The highest BCUT2D eigenvalue weighted by Gasteiger charge is 2.23. The maximum absolute atomic E-state index is 13.3. The number of rotatable bonds is 6. The molecule has 0 aliphatic heterocycles. The molecule has 34 heavy (non-hydrogen) atoms. The molecule has 2 aromatic carbocycles. The SMILES string of the molecule is CCc1ccc(Oc2nc3ccccn3c(=O)c2C=C(C#N)S(=O)(=O)c2ccc(Br)cc2)cc1. The van der Waals surface area contributed by atoms with Crippen molar-refractivity contribution in [2.45, 2.75) is 18.2 Å². The predicted molar refractivity (Wildman–Crippen MR) is 132 cm³/mol. The van der Waals surface area contributed by atoms with Crippen molar-refractivity contribution >= 4 is 37.5 Å². The van der Waals surface area contributed by atoms with Crippen LogP contribution in [0.1, 0.15) is 18.1 Å². The summed E-state index contributed by atoms with van der Waals surface area (Å²) in [6.07, 6.45) is 3.38. The molecule has 0 saturated heterocycles. The Hall–Kier alpha value is -3.74. The lowest BCUT2D eigenvalue weighted by Gasteiger charge is -2.11. The number of ether oxygens (including phenoxy) is 1.